The number of amides is 1. The second-order valence-electron chi connectivity index (χ2n) is 6.25. The summed E-state index contributed by atoms with van der Waals surface area (Å²) >= 11 is 5.80. The molecule has 0 aliphatic heterocycles. The highest BCUT2D eigenvalue weighted by atomic mass is 35.5. The first-order valence-electron chi connectivity index (χ1n) is 8.85. The van der Waals surface area contributed by atoms with Crippen LogP contribution in [-0.2, 0) is 10.0 Å². The van der Waals surface area contributed by atoms with Crippen molar-refractivity contribution in [1.82, 2.24) is 0 Å². The average Bonchev–Trinajstić information content (AvgIpc) is 2.75. The summed E-state index contributed by atoms with van der Waals surface area (Å²) in [5.41, 5.74) is 0.338. The van der Waals surface area contributed by atoms with Gasteiger partial charge in [-0.15, -0.1) is 0 Å². The van der Waals surface area contributed by atoms with Crippen molar-refractivity contribution < 1.29 is 27.1 Å². The van der Waals surface area contributed by atoms with Crippen molar-refractivity contribution in [1.29, 1.82) is 0 Å². The number of para-hydroxylation sites is 1. The monoisotopic (exact) mass is 464 g/mol. The van der Waals surface area contributed by atoms with Crippen LogP contribution in [0.25, 0.3) is 0 Å². The van der Waals surface area contributed by atoms with Crippen LogP contribution in [0.15, 0.2) is 65.6 Å². The number of carbonyl (C=O) groups is 1. The molecule has 3 aromatic rings. The van der Waals surface area contributed by atoms with Gasteiger partial charge in [-0.05, 0) is 42.5 Å². The quantitative estimate of drug-likeness (QED) is 0.535. The van der Waals surface area contributed by atoms with E-state index < -0.39 is 26.6 Å². The Morgan fingerprint density at radius 2 is 1.71 bits per heavy atom. The van der Waals surface area contributed by atoms with Crippen LogP contribution in [0.4, 0.5) is 15.8 Å². The molecule has 1 amide bonds. The molecule has 0 fully saturated rings. The highest BCUT2D eigenvalue weighted by Crippen LogP contribution is 2.30. The molecule has 162 valence electrons. The van der Waals surface area contributed by atoms with E-state index in [1.54, 1.807) is 24.3 Å². The zero-order chi connectivity index (χ0) is 22.6. The van der Waals surface area contributed by atoms with E-state index in [0.717, 1.165) is 12.1 Å². The van der Waals surface area contributed by atoms with E-state index in [2.05, 4.69) is 10.0 Å². The lowest BCUT2D eigenvalue weighted by molar-refractivity contribution is 0.102. The largest absolute Gasteiger partial charge is 0.497 e. The van der Waals surface area contributed by atoms with Crippen LogP contribution in [0.3, 0.4) is 0 Å². The summed E-state index contributed by atoms with van der Waals surface area (Å²) in [7, 11) is -1.41. The number of methoxy groups -OCH3 is 2. The van der Waals surface area contributed by atoms with Gasteiger partial charge in [-0.1, -0.05) is 23.7 Å². The number of carbonyl (C=O) groups excluding carboxylic acids is 1. The second-order valence-corrected chi connectivity index (χ2v) is 8.33. The number of rotatable bonds is 7. The highest BCUT2D eigenvalue weighted by molar-refractivity contribution is 7.92. The van der Waals surface area contributed by atoms with Gasteiger partial charge < -0.3 is 14.8 Å². The zero-order valence-corrected chi connectivity index (χ0v) is 18.1. The fourth-order valence-electron chi connectivity index (χ4n) is 2.74. The molecule has 10 heteroatoms. The number of nitrogens with one attached hydrogen (secondary N) is 2. The molecule has 0 radical (unpaired) electrons. The molecule has 31 heavy (non-hydrogen) atoms. The summed E-state index contributed by atoms with van der Waals surface area (Å²) in [4.78, 5) is 12.2. The van der Waals surface area contributed by atoms with Gasteiger partial charge in [0.1, 0.15) is 22.2 Å². The molecule has 0 saturated heterocycles. The van der Waals surface area contributed by atoms with Crippen molar-refractivity contribution in [2.45, 2.75) is 4.90 Å². The van der Waals surface area contributed by atoms with Crippen molar-refractivity contribution >= 4 is 38.9 Å². The molecule has 0 aromatic heterocycles. The lowest BCUT2D eigenvalue weighted by Crippen LogP contribution is -2.19. The summed E-state index contributed by atoms with van der Waals surface area (Å²) in [6, 6.07) is 13.9. The van der Waals surface area contributed by atoms with E-state index in [1.807, 2.05) is 0 Å². The van der Waals surface area contributed by atoms with Crippen LogP contribution in [-0.4, -0.2) is 28.5 Å². The first kappa shape index (κ1) is 22.4. The van der Waals surface area contributed by atoms with Crippen molar-refractivity contribution in [3.05, 3.63) is 77.1 Å². The number of hydrogen-bond donors (Lipinski definition) is 2. The van der Waals surface area contributed by atoms with Gasteiger partial charge in [-0.25, -0.2) is 12.8 Å². The molecule has 0 saturated carbocycles. The molecule has 0 atom stereocenters. The summed E-state index contributed by atoms with van der Waals surface area (Å²) in [5, 5.41) is 2.72. The molecule has 0 bridgehead atoms. The maximum Gasteiger partial charge on any atom is 0.264 e. The van der Waals surface area contributed by atoms with Gasteiger partial charge in [0.2, 0.25) is 0 Å². The topological polar surface area (TPSA) is 93.7 Å². The van der Waals surface area contributed by atoms with E-state index in [1.165, 1.54) is 38.5 Å². The van der Waals surface area contributed by atoms with Crippen molar-refractivity contribution in [3.63, 3.8) is 0 Å². The van der Waals surface area contributed by atoms with Crippen LogP contribution >= 0.6 is 11.6 Å². The van der Waals surface area contributed by atoms with Gasteiger partial charge in [0, 0.05) is 11.1 Å². The summed E-state index contributed by atoms with van der Waals surface area (Å²) in [5.74, 6) is -0.687. The molecule has 0 heterocycles. The third-order valence-electron chi connectivity index (χ3n) is 4.26. The van der Waals surface area contributed by atoms with Crippen molar-refractivity contribution in [2.24, 2.45) is 0 Å². The Labute approximate surface area is 183 Å². The maximum atomic E-state index is 14.1. The Morgan fingerprint density at radius 1 is 0.968 bits per heavy atom. The minimum atomic E-state index is -4.35. The van der Waals surface area contributed by atoms with Gasteiger partial charge in [-0.3, -0.25) is 9.52 Å². The highest BCUT2D eigenvalue weighted by Gasteiger charge is 2.23. The fourth-order valence-corrected chi connectivity index (χ4v) is 4.17. The average molecular weight is 465 g/mol. The van der Waals surface area contributed by atoms with Gasteiger partial charge in [0.05, 0.1) is 31.2 Å². The molecule has 3 aromatic carbocycles. The van der Waals surface area contributed by atoms with Crippen molar-refractivity contribution in [2.75, 3.05) is 24.3 Å². The standard InChI is InChI=1S/C21H18ClFN2O5S/c1-29-14-8-10-18(19(12-14)30-2)24-21(26)15-5-3-4-6-17(15)25-31(27,28)20-11-13(22)7-9-16(20)23/h3-12,25H,1-2H3,(H,24,26). The smallest absolute Gasteiger partial charge is 0.264 e. The number of hydrogen-bond acceptors (Lipinski definition) is 5. The van der Waals surface area contributed by atoms with Crippen LogP contribution in [0.1, 0.15) is 10.4 Å². The molecular weight excluding hydrogens is 447 g/mol. The number of anilines is 2. The Hall–Kier alpha value is -3.30. The van der Waals surface area contributed by atoms with E-state index in [-0.39, 0.29) is 16.3 Å². The zero-order valence-electron chi connectivity index (χ0n) is 16.5. The number of ether oxygens (including phenoxy) is 2. The van der Waals surface area contributed by atoms with E-state index in [9.17, 15) is 17.6 Å². The van der Waals surface area contributed by atoms with Gasteiger partial charge in [0.25, 0.3) is 15.9 Å². The van der Waals surface area contributed by atoms with Crippen molar-refractivity contribution in [3.8, 4) is 11.5 Å². The van der Waals surface area contributed by atoms with Crippen LogP contribution in [0.5, 0.6) is 11.5 Å². The van der Waals surface area contributed by atoms with Gasteiger partial charge in [0.15, 0.2) is 0 Å². The third-order valence-corrected chi connectivity index (χ3v) is 5.87. The Kier molecular flexibility index (Phi) is 6.67. The summed E-state index contributed by atoms with van der Waals surface area (Å²) < 4.78 is 52.1. The predicted molar refractivity (Wildman–Crippen MR) is 116 cm³/mol. The SMILES string of the molecule is COc1ccc(NC(=O)c2ccccc2NS(=O)(=O)c2cc(Cl)ccc2F)c(OC)c1. The molecule has 0 spiro atoms. The first-order chi connectivity index (χ1) is 14.7. The van der Waals surface area contributed by atoms with Gasteiger partial charge in [-0.2, -0.15) is 0 Å². The van der Waals surface area contributed by atoms with Crippen LogP contribution < -0.4 is 19.5 Å². The molecule has 0 unspecified atom stereocenters. The van der Waals surface area contributed by atoms with E-state index in [4.69, 9.17) is 21.1 Å². The summed E-state index contributed by atoms with van der Waals surface area (Å²) in [6.07, 6.45) is 0. The fraction of sp³-hybridized carbons (Fsp3) is 0.0952. The number of benzene rings is 3. The van der Waals surface area contributed by atoms with Crippen LogP contribution in [0.2, 0.25) is 5.02 Å². The lowest BCUT2D eigenvalue weighted by atomic mass is 10.1. The minimum Gasteiger partial charge on any atom is -0.497 e. The minimum absolute atomic E-state index is 0.0198. The molecule has 3 rings (SSSR count). The molecule has 0 aliphatic carbocycles. The number of sulfonamides is 1. The second kappa shape index (κ2) is 9.23. The molecule has 0 aliphatic rings. The first-order valence-corrected chi connectivity index (χ1v) is 10.7. The summed E-state index contributed by atoms with van der Waals surface area (Å²) in [6.45, 7) is 0. The Morgan fingerprint density at radius 3 is 2.42 bits per heavy atom. The maximum absolute atomic E-state index is 14.1. The van der Waals surface area contributed by atoms with E-state index >= 15 is 0 Å². The lowest BCUT2D eigenvalue weighted by Gasteiger charge is -2.15. The molecule has 7 nitrogen and oxygen atoms in total. The predicted octanol–water partition coefficient (Wildman–Crippen LogP) is 4.55. The number of halogens is 2. The van der Waals surface area contributed by atoms with Gasteiger partial charge >= 0.3 is 0 Å². The van der Waals surface area contributed by atoms with E-state index in [0.29, 0.717) is 17.2 Å². The van der Waals surface area contributed by atoms with Crippen LogP contribution in [0, 0.1) is 5.82 Å². The Bertz CT molecular complexity index is 1230. The molecule has 2 N–H and O–H groups in total. The Balaban J connectivity index is 1.92. The third kappa shape index (κ3) is 5.07. The molecular formula is C21H18ClFN2O5S. The normalized spacial score (nSPS) is 11.0.